The summed E-state index contributed by atoms with van der Waals surface area (Å²) in [5, 5.41) is 3.47. The second-order valence-electron chi connectivity index (χ2n) is 5.48. The molecule has 20 heavy (non-hydrogen) atoms. The summed E-state index contributed by atoms with van der Waals surface area (Å²) in [5.74, 6) is 2.57. The molecule has 1 fully saturated rings. The molecular formula is C18H21NO. The second-order valence-corrected chi connectivity index (χ2v) is 5.48. The van der Waals surface area contributed by atoms with E-state index < -0.39 is 0 Å². The number of ether oxygens (including phenoxy) is 1. The molecule has 1 atom stereocenters. The Bertz CT molecular complexity index is 515. The van der Waals surface area contributed by atoms with E-state index in [0.29, 0.717) is 0 Å². The second kappa shape index (κ2) is 6.58. The zero-order chi connectivity index (χ0) is 13.6. The smallest absolute Gasteiger partial charge is 0.127 e. The molecule has 0 amide bonds. The number of para-hydroxylation sites is 1. The Hall–Kier alpha value is -1.80. The fourth-order valence-electron chi connectivity index (χ4n) is 2.75. The molecule has 1 aliphatic heterocycles. The van der Waals surface area contributed by atoms with Crippen molar-refractivity contribution in [3.8, 4) is 11.5 Å². The highest BCUT2D eigenvalue weighted by atomic mass is 16.5. The van der Waals surface area contributed by atoms with E-state index in [1.807, 2.05) is 30.3 Å². The molecule has 1 heterocycles. The van der Waals surface area contributed by atoms with Crippen LogP contribution in [0.2, 0.25) is 0 Å². The van der Waals surface area contributed by atoms with E-state index in [2.05, 4.69) is 29.6 Å². The molecule has 0 aliphatic carbocycles. The number of hydrogen-bond acceptors (Lipinski definition) is 2. The highest BCUT2D eigenvalue weighted by Gasteiger charge is 2.13. The zero-order valence-electron chi connectivity index (χ0n) is 11.7. The molecule has 0 bridgehead atoms. The van der Waals surface area contributed by atoms with Crippen LogP contribution in [0.25, 0.3) is 0 Å². The molecule has 2 heteroatoms. The van der Waals surface area contributed by atoms with Gasteiger partial charge in [0.2, 0.25) is 0 Å². The molecular weight excluding hydrogens is 246 g/mol. The van der Waals surface area contributed by atoms with Crippen LogP contribution in [0.4, 0.5) is 0 Å². The first-order valence-electron chi connectivity index (χ1n) is 7.43. The van der Waals surface area contributed by atoms with Crippen LogP contribution < -0.4 is 10.1 Å². The number of rotatable bonds is 4. The molecule has 0 unspecified atom stereocenters. The Balaban J connectivity index is 1.59. The highest BCUT2D eigenvalue weighted by molar-refractivity contribution is 5.33. The predicted octanol–water partition coefficient (Wildman–Crippen LogP) is 4.02. The van der Waals surface area contributed by atoms with Crippen LogP contribution >= 0.6 is 0 Å². The average Bonchev–Trinajstić information content (AvgIpc) is 2.51. The van der Waals surface area contributed by atoms with Crippen LogP contribution in [0.5, 0.6) is 11.5 Å². The van der Waals surface area contributed by atoms with Crippen molar-refractivity contribution in [2.45, 2.75) is 19.3 Å². The molecule has 0 spiro atoms. The summed E-state index contributed by atoms with van der Waals surface area (Å²) in [6, 6.07) is 18.4. The quantitative estimate of drug-likeness (QED) is 0.903. The third-order valence-corrected chi connectivity index (χ3v) is 3.83. The Labute approximate surface area is 120 Å². The molecule has 1 aliphatic rings. The van der Waals surface area contributed by atoms with Crippen LogP contribution in [0.3, 0.4) is 0 Å². The Morgan fingerprint density at radius 3 is 2.40 bits per heavy atom. The summed E-state index contributed by atoms with van der Waals surface area (Å²) < 4.78 is 5.81. The summed E-state index contributed by atoms with van der Waals surface area (Å²) in [5.41, 5.74) is 1.40. The third kappa shape index (κ3) is 3.61. The standard InChI is InChI=1S/C18H21NO/c1-2-6-17(7-3-1)20-18-10-8-15(9-11-18)13-16-5-4-12-19-14-16/h1-3,6-11,16,19H,4-5,12-14H2/t16-/m1/s1. The summed E-state index contributed by atoms with van der Waals surface area (Å²) in [6.45, 7) is 2.34. The molecule has 1 saturated heterocycles. The minimum atomic E-state index is 0.782. The maximum atomic E-state index is 5.81. The van der Waals surface area contributed by atoms with E-state index >= 15 is 0 Å². The molecule has 104 valence electrons. The maximum Gasteiger partial charge on any atom is 0.127 e. The van der Waals surface area contributed by atoms with Crippen molar-refractivity contribution in [1.82, 2.24) is 5.32 Å². The van der Waals surface area contributed by atoms with Gasteiger partial charge in [0.1, 0.15) is 11.5 Å². The predicted molar refractivity (Wildman–Crippen MR) is 82.3 cm³/mol. The van der Waals surface area contributed by atoms with Gasteiger partial charge in [0.15, 0.2) is 0 Å². The van der Waals surface area contributed by atoms with Crippen LogP contribution in [-0.2, 0) is 6.42 Å². The third-order valence-electron chi connectivity index (χ3n) is 3.83. The SMILES string of the molecule is c1ccc(Oc2ccc(C[C@H]3CCCNC3)cc2)cc1. The van der Waals surface area contributed by atoms with Crippen molar-refractivity contribution >= 4 is 0 Å². The number of benzene rings is 2. The molecule has 1 N–H and O–H groups in total. The van der Waals surface area contributed by atoms with E-state index in [4.69, 9.17) is 4.74 Å². The average molecular weight is 267 g/mol. The molecule has 0 aromatic heterocycles. The Morgan fingerprint density at radius 2 is 1.70 bits per heavy atom. The lowest BCUT2D eigenvalue weighted by atomic mass is 9.92. The van der Waals surface area contributed by atoms with Gasteiger partial charge in [0.25, 0.3) is 0 Å². The lowest BCUT2D eigenvalue weighted by Crippen LogP contribution is -2.30. The van der Waals surface area contributed by atoms with E-state index in [-0.39, 0.29) is 0 Å². The summed E-state index contributed by atoms with van der Waals surface area (Å²) in [4.78, 5) is 0. The molecule has 2 aromatic carbocycles. The van der Waals surface area contributed by atoms with Gasteiger partial charge in [-0.3, -0.25) is 0 Å². The lowest BCUT2D eigenvalue weighted by molar-refractivity contribution is 0.376. The summed E-state index contributed by atoms with van der Waals surface area (Å²) >= 11 is 0. The first-order chi connectivity index (χ1) is 9.90. The van der Waals surface area contributed by atoms with Gasteiger partial charge in [-0.15, -0.1) is 0 Å². The molecule has 2 aromatic rings. The summed E-state index contributed by atoms with van der Waals surface area (Å²) in [7, 11) is 0. The number of piperidine rings is 1. The Kier molecular flexibility index (Phi) is 4.34. The molecule has 0 radical (unpaired) electrons. The maximum absolute atomic E-state index is 5.81. The molecule has 2 nitrogen and oxygen atoms in total. The fourth-order valence-corrected chi connectivity index (χ4v) is 2.75. The minimum Gasteiger partial charge on any atom is -0.457 e. The van der Waals surface area contributed by atoms with Crippen molar-refractivity contribution in [2.75, 3.05) is 13.1 Å². The van der Waals surface area contributed by atoms with Crippen LogP contribution in [-0.4, -0.2) is 13.1 Å². The monoisotopic (exact) mass is 267 g/mol. The van der Waals surface area contributed by atoms with Gasteiger partial charge in [-0.1, -0.05) is 30.3 Å². The van der Waals surface area contributed by atoms with Crippen molar-refractivity contribution in [2.24, 2.45) is 5.92 Å². The van der Waals surface area contributed by atoms with Gasteiger partial charge >= 0.3 is 0 Å². The van der Waals surface area contributed by atoms with E-state index in [1.54, 1.807) is 0 Å². The molecule has 3 rings (SSSR count). The first-order valence-corrected chi connectivity index (χ1v) is 7.43. The van der Waals surface area contributed by atoms with Crippen LogP contribution in [0, 0.1) is 5.92 Å². The van der Waals surface area contributed by atoms with E-state index in [9.17, 15) is 0 Å². The zero-order valence-corrected chi connectivity index (χ0v) is 11.7. The number of hydrogen-bond donors (Lipinski definition) is 1. The van der Waals surface area contributed by atoms with Crippen molar-refractivity contribution in [3.05, 3.63) is 60.2 Å². The van der Waals surface area contributed by atoms with Gasteiger partial charge in [-0.25, -0.2) is 0 Å². The van der Waals surface area contributed by atoms with Gasteiger partial charge in [0.05, 0.1) is 0 Å². The van der Waals surface area contributed by atoms with Gasteiger partial charge in [0, 0.05) is 0 Å². The highest BCUT2D eigenvalue weighted by Crippen LogP contribution is 2.23. The van der Waals surface area contributed by atoms with Crippen molar-refractivity contribution in [1.29, 1.82) is 0 Å². The lowest BCUT2D eigenvalue weighted by Gasteiger charge is -2.22. The minimum absolute atomic E-state index is 0.782. The number of nitrogens with one attached hydrogen (secondary N) is 1. The molecule has 0 saturated carbocycles. The topological polar surface area (TPSA) is 21.3 Å². The van der Waals surface area contributed by atoms with Gasteiger partial charge in [-0.05, 0) is 68.1 Å². The van der Waals surface area contributed by atoms with Crippen molar-refractivity contribution in [3.63, 3.8) is 0 Å². The Morgan fingerprint density at radius 1 is 0.950 bits per heavy atom. The largest absolute Gasteiger partial charge is 0.457 e. The van der Waals surface area contributed by atoms with E-state index in [1.165, 1.54) is 31.4 Å². The van der Waals surface area contributed by atoms with Gasteiger partial charge < -0.3 is 10.1 Å². The normalized spacial score (nSPS) is 18.7. The van der Waals surface area contributed by atoms with E-state index in [0.717, 1.165) is 24.0 Å². The van der Waals surface area contributed by atoms with Crippen LogP contribution in [0.15, 0.2) is 54.6 Å². The first kappa shape index (κ1) is 13.2. The fraction of sp³-hybridized carbons (Fsp3) is 0.333. The van der Waals surface area contributed by atoms with Gasteiger partial charge in [-0.2, -0.15) is 0 Å². The van der Waals surface area contributed by atoms with Crippen LogP contribution in [0.1, 0.15) is 18.4 Å². The summed E-state index contributed by atoms with van der Waals surface area (Å²) in [6.07, 6.45) is 3.81. The van der Waals surface area contributed by atoms with Crippen molar-refractivity contribution < 1.29 is 4.74 Å².